The zero-order chi connectivity index (χ0) is 14.8. The van der Waals surface area contributed by atoms with Gasteiger partial charge in [0.1, 0.15) is 5.76 Å². The topological polar surface area (TPSA) is 110 Å². The van der Waals surface area contributed by atoms with Crippen molar-refractivity contribution in [1.29, 1.82) is 0 Å². The van der Waals surface area contributed by atoms with E-state index in [1.165, 1.54) is 12.1 Å². The van der Waals surface area contributed by atoms with Gasteiger partial charge in [-0.1, -0.05) is 0 Å². The van der Waals surface area contributed by atoms with Crippen LogP contribution in [0.3, 0.4) is 0 Å². The monoisotopic (exact) mass is 296 g/mol. The molecular formula is C12H16N4O3S. The van der Waals surface area contributed by atoms with E-state index in [9.17, 15) is 8.42 Å². The Morgan fingerprint density at radius 2 is 1.95 bits per heavy atom. The standard InChI is InChI=1S/C12H16N4O3S/c1-8-7-14-12(19-8)9(2)16-20(17,18)11-5-3-10(15-13)4-6-11/h3-7,9,15-16H,13H2,1-2H3. The number of hydrazine groups is 1. The quantitative estimate of drug-likeness (QED) is 0.567. The average molecular weight is 296 g/mol. The van der Waals surface area contributed by atoms with Crippen LogP contribution in [0.2, 0.25) is 0 Å². The predicted octanol–water partition coefficient (Wildman–Crippen LogP) is 1.31. The molecule has 0 radical (unpaired) electrons. The lowest BCUT2D eigenvalue weighted by molar-refractivity contribution is 0.428. The maximum Gasteiger partial charge on any atom is 0.241 e. The van der Waals surface area contributed by atoms with Gasteiger partial charge in [-0.05, 0) is 38.1 Å². The van der Waals surface area contributed by atoms with E-state index in [-0.39, 0.29) is 4.90 Å². The Bertz CT molecular complexity index is 679. The number of hydrogen-bond acceptors (Lipinski definition) is 6. The lowest BCUT2D eigenvalue weighted by Gasteiger charge is -2.11. The van der Waals surface area contributed by atoms with E-state index in [4.69, 9.17) is 10.3 Å². The third kappa shape index (κ3) is 3.16. The fourth-order valence-electron chi connectivity index (χ4n) is 1.65. The first kappa shape index (κ1) is 14.5. The van der Waals surface area contributed by atoms with Gasteiger partial charge in [-0.15, -0.1) is 0 Å². The van der Waals surface area contributed by atoms with Crippen molar-refractivity contribution in [3.63, 3.8) is 0 Å². The summed E-state index contributed by atoms with van der Waals surface area (Å²) in [5.41, 5.74) is 3.06. The second-order valence-corrected chi connectivity index (χ2v) is 6.03. The number of nitrogens with two attached hydrogens (primary N) is 1. The number of hydrogen-bond donors (Lipinski definition) is 3. The molecule has 1 atom stereocenters. The zero-order valence-electron chi connectivity index (χ0n) is 11.1. The number of aryl methyl sites for hydroxylation is 1. The minimum absolute atomic E-state index is 0.145. The Labute approximate surface area is 117 Å². The van der Waals surface area contributed by atoms with E-state index in [0.29, 0.717) is 17.3 Å². The van der Waals surface area contributed by atoms with Gasteiger partial charge in [0.2, 0.25) is 15.9 Å². The van der Waals surface area contributed by atoms with Gasteiger partial charge in [0.15, 0.2) is 0 Å². The summed E-state index contributed by atoms with van der Waals surface area (Å²) in [4.78, 5) is 4.15. The van der Waals surface area contributed by atoms with E-state index in [0.717, 1.165) is 0 Å². The number of sulfonamides is 1. The molecule has 1 aromatic heterocycles. The van der Waals surface area contributed by atoms with Gasteiger partial charge in [-0.3, -0.25) is 5.84 Å². The first-order valence-corrected chi connectivity index (χ1v) is 7.42. The molecule has 4 N–H and O–H groups in total. The van der Waals surface area contributed by atoms with Crippen molar-refractivity contribution in [2.45, 2.75) is 24.8 Å². The van der Waals surface area contributed by atoms with Gasteiger partial charge in [0.25, 0.3) is 0 Å². The first-order valence-electron chi connectivity index (χ1n) is 5.94. The summed E-state index contributed by atoms with van der Waals surface area (Å²) in [6.45, 7) is 3.41. The normalized spacial score (nSPS) is 13.2. The Morgan fingerprint density at radius 3 is 2.45 bits per heavy atom. The lowest BCUT2D eigenvalue weighted by Crippen LogP contribution is -2.27. The molecule has 0 aliphatic heterocycles. The van der Waals surface area contributed by atoms with Crippen molar-refractivity contribution in [3.8, 4) is 0 Å². The van der Waals surface area contributed by atoms with Crippen LogP contribution in [0.25, 0.3) is 0 Å². The highest BCUT2D eigenvalue weighted by Gasteiger charge is 2.21. The molecule has 1 heterocycles. The van der Waals surface area contributed by atoms with Crippen LogP contribution in [-0.2, 0) is 10.0 Å². The number of rotatable bonds is 5. The molecule has 2 aromatic rings. The van der Waals surface area contributed by atoms with Crippen molar-refractivity contribution in [2.24, 2.45) is 5.84 Å². The fourth-order valence-corrected chi connectivity index (χ4v) is 2.85. The first-order chi connectivity index (χ1) is 9.42. The van der Waals surface area contributed by atoms with Crippen LogP contribution in [0.5, 0.6) is 0 Å². The third-order valence-corrected chi connectivity index (χ3v) is 4.23. The van der Waals surface area contributed by atoms with Gasteiger partial charge in [0, 0.05) is 5.69 Å². The maximum atomic E-state index is 12.2. The van der Waals surface area contributed by atoms with Crippen molar-refractivity contribution in [2.75, 3.05) is 5.43 Å². The Balaban J connectivity index is 2.17. The number of aromatic nitrogens is 1. The second kappa shape index (κ2) is 5.61. The van der Waals surface area contributed by atoms with E-state index in [1.54, 1.807) is 32.2 Å². The molecule has 0 fully saturated rings. The molecule has 0 spiro atoms. The molecule has 0 aliphatic rings. The van der Waals surface area contributed by atoms with Crippen LogP contribution >= 0.6 is 0 Å². The highest BCUT2D eigenvalue weighted by atomic mass is 32.2. The molecule has 108 valence electrons. The van der Waals surface area contributed by atoms with Gasteiger partial charge >= 0.3 is 0 Å². The molecule has 0 bridgehead atoms. The minimum Gasteiger partial charge on any atom is -0.444 e. The van der Waals surface area contributed by atoms with E-state index in [1.807, 2.05) is 0 Å². The van der Waals surface area contributed by atoms with E-state index < -0.39 is 16.1 Å². The molecule has 20 heavy (non-hydrogen) atoms. The largest absolute Gasteiger partial charge is 0.444 e. The molecule has 0 saturated heterocycles. The summed E-state index contributed by atoms with van der Waals surface area (Å²) in [6.07, 6.45) is 1.54. The molecular weight excluding hydrogens is 280 g/mol. The third-order valence-electron chi connectivity index (χ3n) is 2.67. The zero-order valence-corrected chi connectivity index (χ0v) is 11.9. The average Bonchev–Trinajstić information content (AvgIpc) is 2.85. The number of nitrogen functional groups attached to an aromatic ring is 1. The van der Waals surface area contributed by atoms with Crippen LogP contribution in [0.4, 0.5) is 5.69 Å². The second-order valence-electron chi connectivity index (χ2n) is 4.32. The van der Waals surface area contributed by atoms with E-state index >= 15 is 0 Å². The summed E-state index contributed by atoms with van der Waals surface area (Å²) in [7, 11) is -3.64. The van der Waals surface area contributed by atoms with Gasteiger partial charge in [-0.25, -0.2) is 13.4 Å². The molecule has 0 amide bonds. The van der Waals surface area contributed by atoms with Crippen LogP contribution in [0, 0.1) is 6.92 Å². The van der Waals surface area contributed by atoms with Crippen molar-refractivity contribution < 1.29 is 12.8 Å². The SMILES string of the molecule is Cc1cnc(C(C)NS(=O)(=O)c2ccc(NN)cc2)o1. The summed E-state index contributed by atoms with van der Waals surface area (Å²) < 4.78 is 32.2. The molecule has 2 rings (SSSR count). The number of nitrogens with one attached hydrogen (secondary N) is 2. The van der Waals surface area contributed by atoms with Crippen LogP contribution < -0.4 is 16.0 Å². The molecule has 7 nitrogen and oxygen atoms in total. The highest BCUT2D eigenvalue weighted by molar-refractivity contribution is 7.89. The molecule has 1 unspecified atom stereocenters. The minimum atomic E-state index is -3.64. The number of anilines is 1. The number of oxazole rings is 1. The number of nitrogens with zero attached hydrogens (tertiary/aromatic N) is 1. The number of benzene rings is 1. The van der Waals surface area contributed by atoms with E-state index in [2.05, 4.69) is 15.1 Å². The summed E-state index contributed by atoms with van der Waals surface area (Å²) >= 11 is 0. The van der Waals surface area contributed by atoms with Crippen molar-refractivity contribution >= 4 is 15.7 Å². The summed E-state index contributed by atoms with van der Waals surface area (Å²) in [5, 5.41) is 0. The summed E-state index contributed by atoms with van der Waals surface area (Å²) in [5.74, 6) is 6.19. The highest BCUT2D eigenvalue weighted by Crippen LogP contribution is 2.18. The molecule has 1 aromatic carbocycles. The van der Waals surface area contributed by atoms with Gasteiger partial charge < -0.3 is 9.84 Å². The Morgan fingerprint density at radius 1 is 1.30 bits per heavy atom. The van der Waals surface area contributed by atoms with Gasteiger partial charge in [0.05, 0.1) is 17.1 Å². The van der Waals surface area contributed by atoms with Gasteiger partial charge in [-0.2, -0.15) is 4.72 Å². The predicted molar refractivity (Wildman–Crippen MR) is 74.2 cm³/mol. The molecule has 0 saturated carbocycles. The Kier molecular flexibility index (Phi) is 4.07. The molecule has 8 heteroatoms. The van der Waals surface area contributed by atoms with Crippen molar-refractivity contribution in [1.82, 2.24) is 9.71 Å². The smallest absolute Gasteiger partial charge is 0.241 e. The van der Waals surface area contributed by atoms with Crippen LogP contribution in [-0.4, -0.2) is 13.4 Å². The molecule has 0 aliphatic carbocycles. The van der Waals surface area contributed by atoms with Crippen LogP contribution in [0.1, 0.15) is 24.6 Å². The fraction of sp³-hybridized carbons (Fsp3) is 0.250. The lowest BCUT2D eigenvalue weighted by atomic mass is 10.3. The summed E-state index contributed by atoms with van der Waals surface area (Å²) in [6, 6.07) is 5.53. The van der Waals surface area contributed by atoms with Crippen LogP contribution in [0.15, 0.2) is 39.8 Å². The van der Waals surface area contributed by atoms with Crippen molar-refractivity contribution in [3.05, 3.63) is 42.1 Å². The maximum absolute atomic E-state index is 12.2. The Hall–Kier alpha value is -1.90.